The van der Waals surface area contributed by atoms with Crippen molar-refractivity contribution < 1.29 is 33.4 Å². The Morgan fingerprint density at radius 1 is 1.02 bits per heavy atom. The van der Waals surface area contributed by atoms with Gasteiger partial charge in [0.25, 0.3) is 5.91 Å². The Kier molecular flexibility index (Phi) is 10.5. The molecule has 2 amide bonds. The van der Waals surface area contributed by atoms with Crippen LogP contribution in [0.15, 0.2) is 41.8 Å². The Hall–Kier alpha value is -3.13. The fourth-order valence-corrected chi connectivity index (χ4v) is 8.90. The largest absolute Gasteiger partial charge is 0.481 e. The molecule has 4 heterocycles. The van der Waals surface area contributed by atoms with Gasteiger partial charge in [-0.1, -0.05) is 29.8 Å². The third-order valence-corrected chi connectivity index (χ3v) is 12.0. The van der Waals surface area contributed by atoms with Crippen molar-refractivity contribution >= 4 is 56.5 Å². The highest BCUT2D eigenvalue weighted by molar-refractivity contribution is 7.17. The number of amides is 2. The number of fused-ring (bicyclic) bond motifs is 1. The van der Waals surface area contributed by atoms with Gasteiger partial charge in [0, 0.05) is 60.3 Å². The molecule has 10 nitrogen and oxygen atoms in total. The second-order valence-corrected chi connectivity index (χ2v) is 15.0. The summed E-state index contributed by atoms with van der Waals surface area (Å²) >= 11 is 8.01. The molecule has 3 aromatic rings. The van der Waals surface area contributed by atoms with E-state index in [4.69, 9.17) is 21.1 Å². The van der Waals surface area contributed by atoms with Crippen LogP contribution in [-0.4, -0.2) is 114 Å². The molecule has 1 saturated carbocycles. The van der Waals surface area contributed by atoms with Crippen molar-refractivity contribution in [2.24, 2.45) is 5.92 Å². The zero-order valence-electron chi connectivity index (χ0n) is 27.3. The lowest BCUT2D eigenvalue weighted by molar-refractivity contribution is -0.144. The van der Waals surface area contributed by atoms with Crippen LogP contribution in [0, 0.1) is 11.7 Å². The van der Waals surface area contributed by atoms with Gasteiger partial charge in [-0.3, -0.25) is 24.2 Å². The van der Waals surface area contributed by atoms with E-state index in [1.165, 1.54) is 23.5 Å². The number of carboxylic acids is 1. The number of rotatable bonds is 10. The van der Waals surface area contributed by atoms with E-state index in [2.05, 4.69) is 15.1 Å². The molecular weight excluding hydrogens is 671 g/mol. The fraction of sp³-hybridized carbons (Fsp3) is 0.528. The second kappa shape index (κ2) is 15.0. The molecule has 2 N–H and O–H groups in total. The summed E-state index contributed by atoms with van der Waals surface area (Å²) in [6.07, 6.45) is 3.11. The minimum absolute atomic E-state index is 0.0348. The Morgan fingerprint density at radius 2 is 1.78 bits per heavy atom. The molecule has 4 aliphatic rings. The molecule has 0 spiro atoms. The number of nitrogens with one attached hydrogen (secondary N) is 1. The lowest BCUT2D eigenvalue weighted by atomic mass is 9.87. The van der Waals surface area contributed by atoms with Crippen LogP contribution in [0.25, 0.3) is 10.1 Å². The van der Waals surface area contributed by atoms with Gasteiger partial charge in [-0.25, -0.2) is 4.39 Å². The molecule has 0 radical (unpaired) electrons. The summed E-state index contributed by atoms with van der Waals surface area (Å²) in [4.78, 5) is 45.1. The Bertz CT molecular complexity index is 1690. The van der Waals surface area contributed by atoms with Crippen LogP contribution < -0.4 is 5.32 Å². The van der Waals surface area contributed by atoms with Gasteiger partial charge >= 0.3 is 5.97 Å². The molecule has 49 heavy (non-hydrogen) atoms. The first-order valence-corrected chi connectivity index (χ1v) is 18.4. The van der Waals surface area contributed by atoms with Crippen LogP contribution >= 0.6 is 22.9 Å². The minimum atomic E-state index is -0.752. The first-order valence-electron chi connectivity index (χ1n) is 17.2. The smallest absolute Gasteiger partial charge is 0.306 e. The second-order valence-electron chi connectivity index (χ2n) is 13.7. The molecule has 3 aliphatic heterocycles. The highest BCUT2D eigenvalue weighted by Crippen LogP contribution is 2.33. The van der Waals surface area contributed by atoms with E-state index in [1.54, 1.807) is 5.38 Å². The van der Waals surface area contributed by atoms with Gasteiger partial charge in [-0.15, -0.1) is 11.3 Å². The molecule has 3 saturated heterocycles. The SMILES string of the molecule is O=C(Nc1cc(F)c(CC(=O)N2C[C@@H](N3CC(N4CCOCC4)C3)C[C@H]2CO[C@H]2CC[C@H](C(=O)O)CC2)cc1Cl)c1csc2ccccc12. The summed E-state index contributed by atoms with van der Waals surface area (Å²) in [6.45, 7) is 6.18. The van der Waals surface area contributed by atoms with E-state index in [-0.39, 0.29) is 58.6 Å². The summed E-state index contributed by atoms with van der Waals surface area (Å²) in [5, 5.41) is 14.8. The molecule has 0 unspecified atom stereocenters. The Morgan fingerprint density at radius 3 is 2.53 bits per heavy atom. The van der Waals surface area contributed by atoms with Gasteiger partial charge in [-0.2, -0.15) is 0 Å². The number of halogens is 2. The number of carbonyl (C=O) groups excluding carboxylic acids is 2. The van der Waals surface area contributed by atoms with Crippen LogP contribution in [0.2, 0.25) is 5.02 Å². The third-order valence-electron chi connectivity index (χ3n) is 10.7. The minimum Gasteiger partial charge on any atom is -0.481 e. The quantitative estimate of drug-likeness (QED) is 0.298. The van der Waals surface area contributed by atoms with E-state index in [9.17, 15) is 19.5 Å². The van der Waals surface area contributed by atoms with Gasteiger partial charge < -0.3 is 24.8 Å². The number of anilines is 1. The average Bonchev–Trinajstić information content (AvgIpc) is 3.71. The number of thiophene rings is 1. The van der Waals surface area contributed by atoms with Crippen LogP contribution in [0.5, 0.6) is 0 Å². The normalized spacial score (nSPS) is 25.4. The summed E-state index contributed by atoms with van der Waals surface area (Å²) in [7, 11) is 0. The Balaban J connectivity index is 1.01. The van der Waals surface area contributed by atoms with Gasteiger partial charge in [0.1, 0.15) is 5.82 Å². The van der Waals surface area contributed by atoms with Crippen molar-refractivity contribution in [1.82, 2.24) is 14.7 Å². The van der Waals surface area contributed by atoms with Gasteiger partial charge in [0.05, 0.1) is 60.6 Å². The number of hydrogen-bond acceptors (Lipinski definition) is 8. The first-order chi connectivity index (χ1) is 23.7. The maximum atomic E-state index is 15.5. The van der Waals surface area contributed by atoms with E-state index < -0.39 is 11.8 Å². The lowest BCUT2D eigenvalue weighted by Crippen LogP contribution is -2.64. The van der Waals surface area contributed by atoms with Crippen molar-refractivity contribution in [3.63, 3.8) is 0 Å². The molecule has 2 atom stereocenters. The molecular formula is C36H42ClFN4O6S. The predicted octanol–water partition coefficient (Wildman–Crippen LogP) is 5.13. The standard InChI is InChI=1S/C36H42ClFN4O6S/c37-30-13-23(31(38)16-32(30)39-35(44)29-21-49-33-4-2-1-3-28(29)33)14-34(43)42-19-24(41-17-26(18-41)40-9-11-47-12-10-40)15-25(42)20-48-27-7-5-22(6-8-27)36(45)46/h1-4,13,16,21-22,24-27H,5-12,14-15,17-20H2,(H,39,44)(H,45,46)/t22-,24-,25-,27-/m0/s1. The van der Waals surface area contributed by atoms with E-state index in [0.29, 0.717) is 50.4 Å². The molecule has 2 aromatic carbocycles. The number of carbonyl (C=O) groups is 3. The highest BCUT2D eigenvalue weighted by Gasteiger charge is 2.44. The third kappa shape index (κ3) is 7.64. The maximum absolute atomic E-state index is 15.5. The zero-order chi connectivity index (χ0) is 34.1. The van der Waals surface area contributed by atoms with Crippen LogP contribution in [0.4, 0.5) is 10.1 Å². The van der Waals surface area contributed by atoms with Gasteiger partial charge in [0.2, 0.25) is 5.91 Å². The average molecular weight is 713 g/mol. The number of ether oxygens (including phenoxy) is 2. The van der Waals surface area contributed by atoms with Crippen molar-refractivity contribution in [1.29, 1.82) is 0 Å². The predicted molar refractivity (Wildman–Crippen MR) is 186 cm³/mol. The molecule has 4 fully saturated rings. The summed E-state index contributed by atoms with van der Waals surface area (Å²) in [5.74, 6) is -2.27. The molecule has 262 valence electrons. The maximum Gasteiger partial charge on any atom is 0.306 e. The van der Waals surface area contributed by atoms with Crippen LogP contribution in [-0.2, 0) is 25.5 Å². The van der Waals surface area contributed by atoms with Crippen molar-refractivity contribution in [2.45, 2.75) is 62.8 Å². The van der Waals surface area contributed by atoms with E-state index in [1.807, 2.05) is 29.2 Å². The van der Waals surface area contributed by atoms with E-state index >= 15 is 4.39 Å². The van der Waals surface area contributed by atoms with Gasteiger partial charge in [-0.05, 0) is 55.9 Å². The molecule has 13 heteroatoms. The summed E-state index contributed by atoms with van der Waals surface area (Å²) in [6, 6.07) is 10.7. The monoisotopic (exact) mass is 712 g/mol. The fourth-order valence-electron chi connectivity index (χ4n) is 7.73. The van der Waals surface area contributed by atoms with Crippen molar-refractivity contribution in [3.05, 3.63) is 63.7 Å². The Labute approximate surface area is 294 Å². The first kappa shape index (κ1) is 34.3. The van der Waals surface area contributed by atoms with Crippen molar-refractivity contribution in [2.75, 3.05) is 57.9 Å². The number of nitrogens with zero attached hydrogens (tertiary/aromatic N) is 3. The number of hydrogen-bond donors (Lipinski definition) is 2. The lowest BCUT2D eigenvalue weighted by Gasteiger charge is -2.49. The number of morpholine rings is 1. The molecule has 7 rings (SSSR count). The van der Waals surface area contributed by atoms with Gasteiger partial charge in [0.15, 0.2) is 0 Å². The highest BCUT2D eigenvalue weighted by atomic mass is 35.5. The molecule has 1 aromatic heterocycles. The topological polar surface area (TPSA) is 112 Å². The van der Waals surface area contributed by atoms with E-state index in [0.717, 1.165) is 55.9 Å². The number of benzene rings is 2. The zero-order valence-corrected chi connectivity index (χ0v) is 28.9. The summed E-state index contributed by atoms with van der Waals surface area (Å²) < 4.78 is 28.3. The molecule has 0 bridgehead atoms. The number of aliphatic carboxylic acids is 1. The number of carboxylic acid groups (broad SMARTS) is 1. The van der Waals surface area contributed by atoms with Crippen LogP contribution in [0.3, 0.4) is 0 Å². The summed E-state index contributed by atoms with van der Waals surface area (Å²) in [5.41, 5.74) is 0.801. The van der Waals surface area contributed by atoms with Crippen molar-refractivity contribution in [3.8, 4) is 0 Å². The van der Waals surface area contributed by atoms with Crippen LogP contribution in [0.1, 0.15) is 48.0 Å². The molecule has 1 aliphatic carbocycles. The number of likely N-dealkylation sites (tertiary alicyclic amines) is 2.